The van der Waals surface area contributed by atoms with Crippen LogP contribution in [0.2, 0.25) is 5.02 Å². The van der Waals surface area contributed by atoms with Gasteiger partial charge in [0.05, 0.1) is 15.5 Å². The molecule has 0 aliphatic heterocycles. The van der Waals surface area contributed by atoms with E-state index in [1.165, 1.54) is 25.2 Å². The van der Waals surface area contributed by atoms with Gasteiger partial charge in [-0.15, -0.1) is 0 Å². The third-order valence-corrected chi connectivity index (χ3v) is 3.08. The van der Waals surface area contributed by atoms with Crippen LogP contribution in [0, 0.1) is 10.1 Å². The van der Waals surface area contributed by atoms with Crippen LogP contribution in [0.4, 0.5) is 10.5 Å². The predicted molar refractivity (Wildman–Crippen MR) is 80.9 cm³/mol. The summed E-state index contributed by atoms with van der Waals surface area (Å²) in [6, 6.07) is 2.83. The molecule has 0 aliphatic carbocycles. The summed E-state index contributed by atoms with van der Waals surface area (Å²) in [5.74, 6) is 0. The highest BCUT2D eigenvalue weighted by Gasteiger charge is 2.32. The molecule has 1 aromatic carbocycles. The molecule has 0 saturated heterocycles. The molecule has 22 heavy (non-hydrogen) atoms. The topological polar surface area (TPSA) is 89.8 Å². The molecule has 0 aliphatic rings. The summed E-state index contributed by atoms with van der Waals surface area (Å²) in [4.78, 5) is 34.9. The van der Waals surface area contributed by atoms with E-state index in [9.17, 15) is 19.7 Å². The fourth-order valence-corrected chi connectivity index (χ4v) is 2.06. The molecule has 1 aromatic rings. The van der Waals surface area contributed by atoms with Gasteiger partial charge in [-0.2, -0.15) is 0 Å². The van der Waals surface area contributed by atoms with Crippen molar-refractivity contribution < 1.29 is 19.2 Å². The monoisotopic (exact) mass is 328 g/mol. The Morgan fingerprint density at radius 2 is 2.05 bits per heavy atom. The maximum Gasteiger partial charge on any atom is 0.410 e. The van der Waals surface area contributed by atoms with Crippen molar-refractivity contribution in [3.63, 3.8) is 0 Å². The number of halogens is 1. The van der Waals surface area contributed by atoms with Crippen LogP contribution in [0.25, 0.3) is 0 Å². The van der Waals surface area contributed by atoms with E-state index in [4.69, 9.17) is 16.3 Å². The van der Waals surface area contributed by atoms with Gasteiger partial charge < -0.3 is 9.53 Å². The zero-order valence-corrected chi connectivity index (χ0v) is 13.5. The Hall–Kier alpha value is -2.15. The largest absolute Gasteiger partial charge is 0.444 e. The first-order valence-electron chi connectivity index (χ1n) is 6.42. The van der Waals surface area contributed by atoms with Crippen LogP contribution in [0.1, 0.15) is 32.4 Å². The van der Waals surface area contributed by atoms with Crippen molar-refractivity contribution in [3.8, 4) is 0 Å². The minimum Gasteiger partial charge on any atom is -0.444 e. The number of nitro benzene ring substituents is 1. The third-order valence-electron chi connectivity index (χ3n) is 2.75. The van der Waals surface area contributed by atoms with Crippen LogP contribution in [-0.4, -0.2) is 34.9 Å². The molecule has 7 nitrogen and oxygen atoms in total. The number of amides is 1. The van der Waals surface area contributed by atoms with Gasteiger partial charge in [0.15, 0.2) is 0 Å². The molecule has 0 saturated carbocycles. The highest BCUT2D eigenvalue weighted by atomic mass is 35.5. The average molecular weight is 329 g/mol. The second kappa shape index (κ2) is 6.74. The minimum absolute atomic E-state index is 0.0294. The highest BCUT2D eigenvalue weighted by molar-refractivity contribution is 6.32. The van der Waals surface area contributed by atoms with Crippen LogP contribution >= 0.6 is 11.6 Å². The molecular formula is C14H17ClN2O5. The molecule has 0 heterocycles. The van der Waals surface area contributed by atoms with E-state index in [1.807, 2.05) is 0 Å². The van der Waals surface area contributed by atoms with Gasteiger partial charge in [0, 0.05) is 13.1 Å². The Bertz CT molecular complexity index is 597. The quantitative estimate of drug-likeness (QED) is 0.480. The molecule has 0 fully saturated rings. The molecule has 1 amide bonds. The lowest BCUT2D eigenvalue weighted by Crippen LogP contribution is -2.37. The Morgan fingerprint density at radius 1 is 1.45 bits per heavy atom. The van der Waals surface area contributed by atoms with Gasteiger partial charge in [-0.3, -0.25) is 15.0 Å². The number of hydrogen-bond acceptors (Lipinski definition) is 5. The average Bonchev–Trinajstić information content (AvgIpc) is 2.38. The zero-order valence-electron chi connectivity index (χ0n) is 12.7. The maximum atomic E-state index is 12.1. The smallest absolute Gasteiger partial charge is 0.410 e. The van der Waals surface area contributed by atoms with Crippen LogP contribution in [0.15, 0.2) is 18.2 Å². The summed E-state index contributed by atoms with van der Waals surface area (Å²) < 4.78 is 5.16. The first-order chi connectivity index (χ1) is 10.1. The van der Waals surface area contributed by atoms with E-state index in [0.717, 1.165) is 4.90 Å². The van der Waals surface area contributed by atoms with Crippen molar-refractivity contribution in [1.82, 2.24) is 4.90 Å². The second-order valence-corrected chi connectivity index (χ2v) is 6.01. The van der Waals surface area contributed by atoms with E-state index in [-0.39, 0.29) is 16.3 Å². The summed E-state index contributed by atoms with van der Waals surface area (Å²) in [5, 5.41) is 11.1. The summed E-state index contributed by atoms with van der Waals surface area (Å²) in [6.07, 6.45) is -0.364. The fourth-order valence-electron chi connectivity index (χ4n) is 1.78. The molecule has 0 aromatic heterocycles. The van der Waals surface area contributed by atoms with E-state index in [0.29, 0.717) is 6.29 Å². The van der Waals surface area contributed by atoms with Gasteiger partial charge in [-0.1, -0.05) is 17.7 Å². The zero-order chi connectivity index (χ0) is 17.1. The van der Waals surface area contributed by atoms with Gasteiger partial charge in [0.2, 0.25) is 0 Å². The molecule has 0 bridgehead atoms. The Balaban J connectivity index is 3.25. The Labute approximate surface area is 133 Å². The Morgan fingerprint density at radius 3 is 2.50 bits per heavy atom. The minimum atomic E-state index is -1.22. The van der Waals surface area contributed by atoms with Crippen molar-refractivity contribution in [2.75, 3.05) is 7.05 Å². The number of benzene rings is 1. The van der Waals surface area contributed by atoms with Gasteiger partial charge in [0.25, 0.3) is 5.69 Å². The SMILES string of the molecule is CN(C(=O)OC(C)(C)C)C(C=O)c1c(Cl)cccc1[N+](=O)[O-]. The van der Waals surface area contributed by atoms with Crippen molar-refractivity contribution >= 4 is 29.7 Å². The maximum absolute atomic E-state index is 12.1. The summed E-state index contributed by atoms with van der Waals surface area (Å²) >= 11 is 5.99. The van der Waals surface area contributed by atoms with Crippen molar-refractivity contribution in [2.45, 2.75) is 32.4 Å². The lowest BCUT2D eigenvalue weighted by molar-refractivity contribution is -0.385. The number of aldehydes is 1. The number of carbonyl (C=O) groups is 2. The van der Waals surface area contributed by atoms with Crippen molar-refractivity contribution in [1.29, 1.82) is 0 Å². The van der Waals surface area contributed by atoms with E-state index in [1.54, 1.807) is 20.8 Å². The highest BCUT2D eigenvalue weighted by Crippen LogP contribution is 2.34. The first-order valence-corrected chi connectivity index (χ1v) is 6.80. The van der Waals surface area contributed by atoms with E-state index >= 15 is 0 Å². The predicted octanol–water partition coefficient (Wildman–Crippen LogP) is 3.36. The normalized spacial score (nSPS) is 12.4. The second-order valence-electron chi connectivity index (χ2n) is 5.60. The Kier molecular flexibility index (Phi) is 5.48. The molecule has 0 N–H and O–H groups in total. The number of nitro groups is 1. The molecule has 1 unspecified atom stereocenters. The first kappa shape index (κ1) is 17.9. The molecule has 1 rings (SSSR count). The van der Waals surface area contributed by atoms with Gasteiger partial charge in [0.1, 0.15) is 17.9 Å². The molecule has 0 radical (unpaired) electrons. The standard InChI is InChI=1S/C14H17ClN2O5/c1-14(2,3)22-13(19)16(4)11(8-18)12-9(15)6-5-7-10(12)17(20)21/h5-8,11H,1-4H3. The van der Waals surface area contributed by atoms with Gasteiger partial charge >= 0.3 is 6.09 Å². The number of hydrogen-bond donors (Lipinski definition) is 0. The lowest BCUT2D eigenvalue weighted by Gasteiger charge is -2.28. The van der Waals surface area contributed by atoms with Crippen LogP contribution in [0.3, 0.4) is 0 Å². The van der Waals surface area contributed by atoms with Crippen molar-refractivity contribution in [3.05, 3.63) is 38.9 Å². The van der Waals surface area contributed by atoms with Crippen LogP contribution in [0.5, 0.6) is 0 Å². The summed E-state index contributed by atoms with van der Waals surface area (Å²) in [6.45, 7) is 5.02. The lowest BCUT2D eigenvalue weighted by atomic mass is 10.0. The number of rotatable bonds is 4. The number of carbonyl (C=O) groups excluding carboxylic acids is 2. The van der Waals surface area contributed by atoms with E-state index < -0.39 is 22.7 Å². The molecule has 8 heteroatoms. The van der Waals surface area contributed by atoms with E-state index in [2.05, 4.69) is 0 Å². The summed E-state index contributed by atoms with van der Waals surface area (Å²) in [7, 11) is 1.32. The van der Waals surface area contributed by atoms with Crippen LogP contribution < -0.4 is 0 Å². The van der Waals surface area contributed by atoms with Gasteiger partial charge in [-0.25, -0.2) is 4.79 Å². The number of nitrogens with zero attached hydrogens (tertiary/aromatic N) is 2. The van der Waals surface area contributed by atoms with Crippen molar-refractivity contribution in [2.24, 2.45) is 0 Å². The molecule has 120 valence electrons. The van der Waals surface area contributed by atoms with Crippen LogP contribution in [-0.2, 0) is 9.53 Å². The number of likely N-dealkylation sites (N-methyl/N-ethyl adjacent to an activating group) is 1. The van der Waals surface area contributed by atoms with Gasteiger partial charge in [-0.05, 0) is 26.8 Å². The number of ether oxygens (including phenoxy) is 1. The summed E-state index contributed by atoms with van der Waals surface area (Å²) in [5.41, 5.74) is -1.14. The fraction of sp³-hybridized carbons (Fsp3) is 0.429. The molecular weight excluding hydrogens is 312 g/mol. The molecule has 0 spiro atoms. The molecule has 1 atom stereocenters. The third kappa shape index (κ3) is 4.17.